The Hall–Kier alpha value is -2.60. The third kappa shape index (κ3) is 3.19. The van der Waals surface area contributed by atoms with Gasteiger partial charge in [-0.25, -0.2) is 0 Å². The SMILES string of the molecule is C=C1C2=C(CC/C=C\C3=C1C(C)(C)c1cc(C(C)(C)C)ccc13)C1C(CC2)c2ccccc2C1(C)C. The third-order valence-electron chi connectivity index (χ3n) is 9.98. The molecule has 4 aliphatic rings. The number of rotatable bonds is 0. The third-order valence-corrected chi connectivity index (χ3v) is 9.98. The van der Waals surface area contributed by atoms with E-state index in [1.807, 2.05) is 0 Å². The molecule has 0 aliphatic heterocycles. The van der Waals surface area contributed by atoms with Crippen LogP contribution in [0.15, 0.2) is 83.5 Å². The molecule has 0 nitrogen and oxygen atoms in total. The highest BCUT2D eigenvalue weighted by molar-refractivity contribution is 5.90. The Morgan fingerprint density at radius 3 is 2.42 bits per heavy atom. The van der Waals surface area contributed by atoms with E-state index in [4.69, 9.17) is 6.58 Å². The van der Waals surface area contributed by atoms with Gasteiger partial charge in [0.1, 0.15) is 0 Å². The lowest BCUT2D eigenvalue weighted by atomic mass is 9.63. The van der Waals surface area contributed by atoms with Crippen molar-refractivity contribution in [1.82, 2.24) is 0 Å². The molecule has 0 spiro atoms. The van der Waals surface area contributed by atoms with E-state index in [-0.39, 0.29) is 16.2 Å². The summed E-state index contributed by atoms with van der Waals surface area (Å²) >= 11 is 0. The van der Waals surface area contributed by atoms with Crippen LogP contribution in [0.5, 0.6) is 0 Å². The van der Waals surface area contributed by atoms with E-state index < -0.39 is 0 Å². The molecule has 6 rings (SSSR count). The monoisotopic (exact) mass is 474 g/mol. The van der Waals surface area contributed by atoms with Gasteiger partial charge in [-0.15, -0.1) is 0 Å². The van der Waals surface area contributed by atoms with Gasteiger partial charge in [0.25, 0.3) is 0 Å². The summed E-state index contributed by atoms with van der Waals surface area (Å²) < 4.78 is 0. The van der Waals surface area contributed by atoms with Crippen LogP contribution in [0.25, 0.3) is 5.57 Å². The van der Waals surface area contributed by atoms with Crippen LogP contribution in [0.3, 0.4) is 0 Å². The molecule has 36 heavy (non-hydrogen) atoms. The van der Waals surface area contributed by atoms with Crippen molar-refractivity contribution in [2.24, 2.45) is 5.92 Å². The van der Waals surface area contributed by atoms with E-state index in [0.717, 1.165) is 19.3 Å². The maximum Gasteiger partial charge on any atom is 0.0164 e. The second-order valence-corrected chi connectivity index (χ2v) is 13.8. The highest BCUT2D eigenvalue weighted by Crippen LogP contribution is 2.61. The van der Waals surface area contributed by atoms with Crippen molar-refractivity contribution in [3.05, 3.63) is 111 Å². The maximum atomic E-state index is 4.90. The van der Waals surface area contributed by atoms with Gasteiger partial charge in [0.2, 0.25) is 0 Å². The molecule has 0 fully saturated rings. The van der Waals surface area contributed by atoms with E-state index in [0.29, 0.717) is 11.8 Å². The molecule has 0 aromatic heterocycles. The molecular formula is C36H42. The first-order valence-electron chi connectivity index (χ1n) is 14.0. The first-order chi connectivity index (χ1) is 16.9. The standard InChI is InChI=1S/C36H42/c1-22-24-19-20-29-25-13-11-12-16-30(25)35(5,6)33(29)27(24)14-9-10-15-28-26-18-17-23(34(2,3)4)21-31(26)36(7,8)32(22)28/h10-13,15-18,21,29,33H,1,9,14,19-20H2,2-8H3/b15-10-. The van der Waals surface area contributed by atoms with Crippen LogP contribution in [0.4, 0.5) is 0 Å². The number of allylic oxidation sites excluding steroid dienone is 7. The molecule has 0 heterocycles. The molecule has 0 bridgehead atoms. The molecule has 2 unspecified atom stereocenters. The molecule has 2 atom stereocenters. The van der Waals surface area contributed by atoms with Crippen molar-refractivity contribution in [3.8, 4) is 0 Å². The predicted octanol–water partition coefficient (Wildman–Crippen LogP) is 9.72. The molecule has 0 heteroatoms. The second-order valence-electron chi connectivity index (χ2n) is 13.8. The molecule has 2 aromatic carbocycles. The number of hydrogen-bond acceptors (Lipinski definition) is 0. The van der Waals surface area contributed by atoms with Gasteiger partial charge in [0, 0.05) is 5.41 Å². The quantitative estimate of drug-likeness (QED) is 0.356. The van der Waals surface area contributed by atoms with Gasteiger partial charge in [0.15, 0.2) is 0 Å². The van der Waals surface area contributed by atoms with Crippen LogP contribution < -0.4 is 0 Å². The van der Waals surface area contributed by atoms with Gasteiger partial charge in [-0.05, 0) is 98.5 Å². The Kier molecular flexibility index (Phi) is 5.09. The van der Waals surface area contributed by atoms with Crippen LogP contribution in [0.2, 0.25) is 0 Å². The Balaban J connectivity index is 1.51. The van der Waals surface area contributed by atoms with Crippen LogP contribution in [-0.4, -0.2) is 0 Å². The van der Waals surface area contributed by atoms with Crippen molar-refractivity contribution >= 4 is 5.57 Å². The molecule has 0 saturated heterocycles. The van der Waals surface area contributed by atoms with Gasteiger partial charge < -0.3 is 0 Å². The molecular weight excluding hydrogens is 432 g/mol. The fourth-order valence-electron chi connectivity index (χ4n) is 8.23. The largest absolute Gasteiger partial charge is 0.0912 e. The van der Waals surface area contributed by atoms with Crippen molar-refractivity contribution in [3.63, 3.8) is 0 Å². The Morgan fingerprint density at radius 1 is 0.917 bits per heavy atom. The van der Waals surface area contributed by atoms with Gasteiger partial charge in [0.05, 0.1) is 0 Å². The molecule has 0 amide bonds. The predicted molar refractivity (Wildman–Crippen MR) is 155 cm³/mol. The Labute approximate surface area is 218 Å². The summed E-state index contributed by atoms with van der Waals surface area (Å²) in [4.78, 5) is 0. The first kappa shape index (κ1) is 23.8. The van der Waals surface area contributed by atoms with E-state index in [2.05, 4.69) is 103 Å². The van der Waals surface area contributed by atoms with Crippen LogP contribution in [0.1, 0.15) is 108 Å². The molecule has 0 N–H and O–H groups in total. The minimum absolute atomic E-state index is 0.0548. The lowest BCUT2D eigenvalue weighted by Gasteiger charge is -2.40. The summed E-state index contributed by atoms with van der Waals surface area (Å²) in [5.41, 5.74) is 15.2. The van der Waals surface area contributed by atoms with E-state index in [9.17, 15) is 0 Å². The zero-order chi connectivity index (χ0) is 25.6. The minimum atomic E-state index is -0.0548. The number of hydrogen-bond donors (Lipinski definition) is 0. The van der Waals surface area contributed by atoms with Crippen LogP contribution in [0, 0.1) is 5.92 Å². The zero-order valence-electron chi connectivity index (χ0n) is 23.4. The Bertz CT molecular complexity index is 1380. The lowest BCUT2D eigenvalue weighted by Crippen LogP contribution is -2.31. The molecule has 2 aromatic rings. The topological polar surface area (TPSA) is 0 Å². The van der Waals surface area contributed by atoms with Crippen molar-refractivity contribution < 1.29 is 0 Å². The lowest BCUT2D eigenvalue weighted by molar-refractivity contribution is 0.316. The highest BCUT2D eigenvalue weighted by Gasteiger charge is 2.50. The van der Waals surface area contributed by atoms with Crippen molar-refractivity contribution in [1.29, 1.82) is 0 Å². The molecule has 0 radical (unpaired) electrons. The summed E-state index contributed by atoms with van der Waals surface area (Å²) in [6.45, 7) is 21.7. The fourth-order valence-corrected chi connectivity index (χ4v) is 8.23. The van der Waals surface area contributed by atoms with Crippen molar-refractivity contribution in [2.75, 3.05) is 0 Å². The minimum Gasteiger partial charge on any atom is -0.0912 e. The summed E-state index contributed by atoms with van der Waals surface area (Å²) in [6.07, 6.45) is 9.51. The Morgan fingerprint density at radius 2 is 1.67 bits per heavy atom. The average Bonchev–Trinajstić information content (AvgIpc) is 3.22. The highest BCUT2D eigenvalue weighted by atomic mass is 14.5. The number of fused-ring (bicyclic) bond motifs is 6. The summed E-state index contributed by atoms with van der Waals surface area (Å²) in [5.74, 6) is 1.22. The van der Waals surface area contributed by atoms with E-state index in [1.54, 1.807) is 22.3 Å². The van der Waals surface area contributed by atoms with Crippen LogP contribution in [-0.2, 0) is 16.2 Å². The molecule has 0 saturated carbocycles. The summed E-state index contributed by atoms with van der Waals surface area (Å²) in [7, 11) is 0. The first-order valence-corrected chi connectivity index (χ1v) is 14.0. The van der Waals surface area contributed by atoms with Gasteiger partial charge in [-0.3, -0.25) is 0 Å². The van der Waals surface area contributed by atoms with Gasteiger partial charge >= 0.3 is 0 Å². The molecule has 186 valence electrons. The maximum absolute atomic E-state index is 4.90. The average molecular weight is 475 g/mol. The number of benzene rings is 2. The smallest absolute Gasteiger partial charge is 0.0164 e. The van der Waals surface area contributed by atoms with E-state index in [1.165, 1.54) is 39.8 Å². The summed E-state index contributed by atoms with van der Waals surface area (Å²) in [5, 5.41) is 0. The zero-order valence-corrected chi connectivity index (χ0v) is 23.4. The normalized spacial score (nSPS) is 26.8. The summed E-state index contributed by atoms with van der Waals surface area (Å²) in [6, 6.07) is 16.5. The van der Waals surface area contributed by atoms with Crippen molar-refractivity contribution in [2.45, 2.75) is 96.3 Å². The fraction of sp³-hybridized carbons (Fsp3) is 0.444. The van der Waals surface area contributed by atoms with Gasteiger partial charge in [-0.2, -0.15) is 0 Å². The van der Waals surface area contributed by atoms with Gasteiger partial charge in [-0.1, -0.05) is 115 Å². The second kappa shape index (κ2) is 7.70. The molecule has 4 aliphatic carbocycles. The van der Waals surface area contributed by atoms with E-state index >= 15 is 0 Å². The van der Waals surface area contributed by atoms with Crippen LogP contribution >= 0.6 is 0 Å².